The molecule has 0 saturated heterocycles. The van der Waals surface area contributed by atoms with E-state index in [2.05, 4.69) is 4.74 Å². The third-order valence-electron chi connectivity index (χ3n) is 2.73. The summed E-state index contributed by atoms with van der Waals surface area (Å²) in [5, 5.41) is 0. The number of rotatable bonds is 6. The predicted octanol–water partition coefficient (Wildman–Crippen LogP) is 3.29. The van der Waals surface area contributed by atoms with Gasteiger partial charge in [0.05, 0.1) is 7.11 Å². The molecule has 0 bridgehead atoms. The predicted molar refractivity (Wildman–Crippen MR) is 71.5 cm³/mol. The van der Waals surface area contributed by atoms with Gasteiger partial charge in [0.1, 0.15) is 0 Å². The summed E-state index contributed by atoms with van der Waals surface area (Å²) in [5.41, 5.74) is 7.58. The Morgan fingerprint density at radius 2 is 2.00 bits per heavy atom. The number of benzene rings is 1. The van der Waals surface area contributed by atoms with Gasteiger partial charge in [-0.05, 0) is 23.6 Å². The molecule has 19 heavy (non-hydrogen) atoms. The van der Waals surface area contributed by atoms with Gasteiger partial charge in [-0.2, -0.15) is 8.78 Å². The average molecular weight is 271 g/mol. The van der Waals surface area contributed by atoms with Gasteiger partial charge in [-0.1, -0.05) is 31.6 Å². The van der Waals surface area contributed by atoms with Crippen molar-refractivity contribution in [1.82, 2.24) is 0 Å². The highest BCUT2D eigenvalue weighted by atomic mass is 19.3. The zero-order valence-electron chi connectivity index (χ0n) is 11.3. The van der Waals surface area contributed by atoms with E-state index in [-0.39, 0.29) is 11.5 Å². The molecule has 0 atom stereocenters. The van der Waals surface area contributed by atoms with Gasteiger partial charge in [-0.25, -0.2) is 0 Å². The molecule has 0 radical (unpaired) electrons. The van der Waals surface area contributed by atoms with Crippen molar-refractivity contribution in [1.29, 1.82) is 0 Å². The second-order valence-corrected chi connectivity index (χ2v) is 4.37. The summed E-state index contributed by atoms with van der Waals surface area (Å²) in [5.74, 6) is 0.621. The summed E-state index contributed by atoms with van der Waals surface area (Å²) in [6.07, 6.45) is 1.93. The summed E-state index contributed by atoms with van der Waals surface area (Å²) >= 11 is 0. The molecule has 106 valence electrons. The van der Waals surface area contributed by atoms with Crippen molar-refractivity contribution in [2.45, 2.75) is 20.5 Å². The van der Waals surface area contributed by atoms with Crippen molar-refractivity contribution >= 4 is 6.08 Å². The second-order valence-electron chi connectivity index (χ2n) is 4.37. The van der Waals surface area contributed by atoms with Crippen LogP contribution in [0.3, 0.4) is 0 Å². The van der Waals surface area contributed by atoms with Gasteiger partial charge in [0.25, 0.3) is 0 Å². The number of ether oxygens (including phenoxy) is 2. The van der Waals surface area contributed by atoms with Gasteiger partial charge in [0, 0.05) is 6.54 Å². The summed E-state index contributed by atoms with van der Waals surface area (Å²) in [6.45, 7) is 1.68. The SMILES string of the molecule is COc1cc(C=C(CN)C(C)C)ccc1OC(F)F. The molecule has 0 aliphatic heterocycles. The summed E-state index contributed by atoms with van der Waals surface area (Å²) < 4.78 is 33.8. The molecular weight excluding hydrogens is 252 g/mol. The lowest BCUT2D eigenvalue weighted by Crippen LogP contribution is -2.08. The first-order valence-electron chi connectivity index (χ1n) is 6.01. The average Bonchev–Trinajstić information content (AvgIpc) is 2.36. The van der Waals surface area contributed by atoms with E-state index in [1.807, 2.05) is 19.9 Å². The first-order valence-corrected chi connectivity index (χ1v) is 6.01. The lowest BCUT2D eigenvalue weighted by molar-refractivity contribution is -0.0512. The lowest BCUT2D eigenvalue weighted by Gasteiger charge is -2.12. The van der Waals surface area contributed by atoms with Crippen LogP contribution < -0.4 is 15.2 Å². The maximum Gasteiger partial charge on any atom is 0.387 e. The molecule has 3 nitrogen and oxygen atoms in total. The summed E-state index contributed by atoms with van der Waals surface area (Å²) in [6, 6.07) is 4.80. The van der Waals surface area contributed by atoms with E-state index in [0.29, 0.717) is 12.5 Å². The van der Waals surface area contributed by atoms with Crippen molar-refractivity contribution in [2.24, 2.45) is 11.7 Å². The Kier molecular flexibility index (Phi) is 5.76. The van der Waals surface area contributed by atoms with Crippen LogP contribution in [0, 0.1) is 5.92 Å². The minimum atomic E-state index is -2.87. The summed E-state index contributed by atoms with van der Waals surface area (Å²) in [7, 11) is 1.41. The molecule has 0 heterocycles. The Morgan fingerprint density at radius 1 is 1.32 bits per heavy atom. The molecule has 0 saturated carbocycles. The van der Waals surface area contributed by atoms with Crippen LogP contribution >= 0.6 is 0 Å². The molecule has 0 unspecified atom stereocenters. The van der Waals surface area contributed by atoms with Crippen molar-refractivity contribution < 1.29 is 18.3 Å². The number of hydrogen-bond donors (Lipinski definition) is 1. The Bertz CT molecular complexity index is 445. The molecule has 0 spiro atoms. The number of halogens is 2. The minimum Gasteiger partial charge on any atom is -0.493 e. The van der Waals surface area contributed by atoms with E-state index < -0.39 is 6.61 Å². The largest absolute Gasteiger partial charge is 0.493 e. The van der Waals surface area contributed by atoms with Crippen LogP contribution in [-0.4, -0.2) is 20.3 Å². The molecule has 1 aromatic rings. The van der Waals surface area contributed by atoms with Gasteiger partial charge in [0.2, 0.25) is 0 Å². The first kappa shape index (κ1) is 15.4. The van der Waals surface area contributed by atoms with Gasteiger partial charge >= 0.3 is 6.61 Å². The molecule has 0 aromatic heterocycles. The fourth-order valence-electron chi connectivity index (χ4n) is 1.64. The highest BCUT2D eigenvalue weighted by Gasteiger charge is 2.11. The molecule has 1 rings (SSSR count). The third-order valence-corrected chi connectivity index (χ3v) is 2.73. The van der Waals surface area contributed by atoms with Gasteiger partial charge < -0.3 is 15.2 Å². The van der Waals surface area contributed by atoms with Crippen LogP contribution in [0.15, 0.2) is 23.8 Å². The standard InChI is InChI=1S/C14H19F2NO2/c1-9(2)11(8-17)6-10-4-5-12(19-14(15)16)13(7-10)18-3/h4-7,9,14H,8,17H2,1-3H3. The van der Waals surface area contributed by atoms with E-state index in [9.17, 15) is 8.78 Å². The van der Waals surface area contributed by atoms with Crippen LogP contribution in [-0.2, 0) is 0 Å². The molecule has 1 aromatic carbocycles. The van der Waals surface area contributed by atoms with Gasteiger partial charge in [-0.15, -0.1) is 0 Å². The van der Waals surface area contributed by atoms with Crippen LogP contribution in [0.2, 0.25) is 0 Å². The topological polar surface area (TPSA) is 44.5 Å². The second kappa shape index (κ2) is 7.09. The maximum absolute atomic E-state index is 12.2. The van der Waals surface area contributed by atoms with Crippen molar-refractivity contribution in [3.8, 4) is 11.5 Å². The van der Waals surface area contributed by atoms with E-state index >= 15 is 0 Å². The highest BCUT2D eigenvalue weighted by Crippen LogP contribution is 2.30. The Labute approximate surface area is 112 Å². The number of alkyl halides is 2. The van der Waals surface area contributed by atoms with Crippen molar-refractivity contribution in [3.63, 3.8) is 0 Å². The minimum absolute atomic E-state index is 0.0218. The van der Waals surface area contributed by atoms with Crippen LogP contribution in [0.1, 0.15) is 19.4 Å². The first-order chi connectivity index (χ1) is 8.97. The Hall–Kier alpha value is -1.62. The Morgan fingerprint density at radius 3 is 2.47 bits per heavy atom. The summed E-state index contributed by atoms with van der Waals surface area (Å²) in [4.78, 5) is 0. The normalized spacial score (nSPS) is 12.1. The zero-order valence-corrected chi connectivity index (χ0v) is 11.3. The van der Waals surface area contributed by atoms with Crippen LogP contribution in [0.4, 0.5) is 8.78 Å². The van der Waals surface area contributed by atoms with Gasteiger partial charge in [0.15, 0.2) is 11.5 Å². The smallest absolute Gasteiger partial charge is 0.387 e. The maximum atomic E-state index is 12.2. The molecule has 0 fully saturated rings. The molecule has 0 aliphatic carbocycles. The monoisotopic (exact) mass is 271 g/mol. The molecule has 0 aliphatic rings. The van der Waals surface area contributed by atoms with Crippen molar-refractivity contribution in [3.05, 3.63) is 29.3 Å². The zero-order chi connectivity index (χ0) is 14.4. The molecule has 5 heteroatoms. The van der Waals surface area contributed by atoms with E-state index in [4.69, 9.17) is 10.5 Å². The Balaban J connectivity index is 3.06. The lowest BCUT2D eigenvalue weighted by atomic mass is 10.0. The van der Waals surface area contributed by atoms with Crippen LogP contribution in [0.5, 0.6) is 11.5 Å². The quantitative estimate of drug-likeness (QED) is 0.863. The van der Waals surface area contributed by atoms with E-state index in [0.717, 1.165) is 11.1 Å². The molecular formula is C14H19F2NO2. The number of hydrogen-bond acceptors (Lipinski definition) is 3. The fraction of sp³-hybridized carbons (Fsp3) is 0.429. The number of nitrogens with two attached hydrogens (primary N) is 1. The van der Waals surface area contributed by atoms with E-state index in [1.165, 1.54) is 13.2 Å². The highest BCUT2D eigenvalue weighted by molar-refractivity contribution is 5.58. The third kappa shape index (κ3) is 4.52. The molecule has 2 N–H and O–H groups in total. The number of methoxy groups -OCH3 is 1. The molecule has 0 amide bonds. The van der Waals surface area contributed by atoms with Gasteiger partial charge in [-0.3, -0.25) is 0 Å². The van der Waals surface area contributed by atoms with Crippen LogP contribution in [0.25, 0.3) is 6.08 Å². The van der Waals surface area contributed by atoms with E-state index in [1.54, 1.807) is 12.1 Å². The van der Waals surface area contributed by atoms with Crippen molar-refractivity contribution in [2.75, 3.05) is 13.7 Å². The fourth-order valence-corrected chi connectivity index (χ4v) is 1.64.